The van der Waals surface area contributed by atoms with Gasteiger partial charge in [0.25, 0.3) is 0 Å². The predicted octanol–water partition coefficient (Wildman–Crippen LogP) is 4.64. The molecule has 1 aromatic carbocycles. The lowest BCUT2D eigenvalue weighted by Gasteiger charge is -2.35. The summed E-state index contributed by atoms with van der Waals surface area (Å²) in [6, 6.07) is 8.51. The molecule has 0 aliphatic heterocycles. The minimum Gasteiger partial charge on any atom is -0.316 e. The van der Waals surface area contributed by atoms with Gasteiger partial charge in [0.05, 0.1) is 0 Å². The first-order valence-corrected chi connectivity index (χ1v) is 7.89. The highest BCUT2D eigenvalue weighted by atomic mass is 35.5. The summed E-state index contributed by atoms with van der Waals surface area (Å²) in [6.07, 6.45) is 3.97. The van der Waals surface area contributed by atoms with Crippen molar-refractivity contribution in [1.29, 1.82) is 0 Å². The summed E-state index contributed by atoms with van der Waals surface area (Å²) in [5.74, 6) is 1.45. The molecule has 1 N–H and O–H groups in total. The number of hydrogen-bond donors (Lipinski definition) is 1. The second kappa shape index (κ2) is 6.28. The zero-order valence-electron chi connectivity index (χ0n) is 12.4. The van der Waals surface area contributed by atoms with E-state index in [1.807, 2.05) is 12.1 Å². The van der Waals surface area contributed by atoms with Crippen molar-refractivity contribution in [3.63, 3.8) is 0 Å². The highest BCUT2D eigenvalue weighted by Crippen LogP contribution is 2.45. The van der Waals surface area contributed by atoms with Gasteiger partial charge in [0.15, 0.2) is 0 Å². The summed E-state index contributed by atoms with van der Waals surface area (Å²) in [5, 5.41) is 4.51. The van der Waals surface area contributed by atoms with E-state index < -0.39 is 0 Å². The van der Waals surface area contributed by atoms with Crippen molar-refractivity contribution in [3.05, 3.63) is 34.9 Å². The first-order chi connectivity index (χ1) is 9.04. The van der Waals surface area contributed by atoms with Crippen LogP contribution in [0.25, 0.3) is 0 Å². The molecule has 0 saturated heterocycles. The van der Waals surface area contributed by atoms with Crippen LogP contribution >= 0.6 is 11.6 Å². The van der Waals surface area contributed by atoms with Crippen molar-refractivity contribution >= 4 is 11.6 Å². The van der Waals surface area contributed by atoms with Crippen LogP contribution in [0.1, 0.15) is 45.6 Å². The molecule has 1 aliphatic rings. The van der Waals surface area contributed by atoms with E-state index in [1.54, 1.807) is 0 Å². The maximum atomic E-state index is 6.03. The summed E-state index contributed by atoms with van der Waals surface area (Å²) in [6.45, 7) is 9.12. The topological polar surface area (TPSA) is 12.0 Å². The average molecular weight is 280 g/mol. The minimum absolute atomic E-state index is 0.305. The van der Waals surface area contributed by atoms with Crippen LogP contribution in [0.15, 0.2) is 24.3 Å². The van der Waals surface area contributed by atoms with Crippen LogP contribution in [0.3, 0.4) is 0 Å². The van der Waals surface area contributed by atoms with Crippen LogP contribution in [0, 0.1) is 11.8 Å². The largest absolute Gasteiger partial charge is 0.316 e. The Labute approximate surface area is 122 Å². The molecule has 1 nitrogen and oxygen atoms in total. The Bertz CT molecular complexity index is 398. The van der Waals surface area contributed by atoms with E-state index in [9.17, 15) is 0 Å². The molecule has 0 spiro atoms. The highest BCUT2D eigenvalue weighted by molar-refractivity contribution is 6.30. The third-order valence-electron chi connectivity index (χ3n) is 4.62. The van der Waals surface area contributed by atoms with Crippen molar-refractivity contribution in [2.24, 2.45) is 11.8 Å². The first-order valence-electron chi connectivity index (χ1n) is 7.51. The fourth-order valence-electron chi connectivity index (χ4n) is 3.41. The Hall–Kier alpha value is -0.530. The molecule has 1 saturated carbocycles. The Morgan fingerprint density at radius 2 is 2.00 bits per heavy atom. The zero-order chi connectivity index (χ0) is 13.9. The molecule has 0 bridgehead atoms. The quantitative estimate of drug-likeness (QED) is 0.828. The summed E-state index contributed by atoms with van der Waals surface area (Å²) in [5.41, 5.74) is 1.76. The van der Waals surface area contributed by atoms with E-state index >= 15 is 0 Å². The third-order valence-corrected chi connectivity index (χ3v) is 4.87. The fourth-order valence-corrected chi connectivity index (χ4v) is 3.53. The van der Waals surface area contributed by atoms with Gasteiger partial charge in [-0.2, -0.15) is 0 Å². The van der Waals surface area contributed by atoms with Gasteiger partial charge in [-0.1, -0.05) is 50.9 Å². The molecule has 2 heteroatoms. The molecule has 106 valence electrons. The molecule has 19 heavy (non-hydrogen) atoms. The SMILES string of the molecule is CC(C)CNCC1(c2ccc(Cl)cc2)CCCC1C. The van der Waals surface area contributed by atoms with Gasteiger partial charge in [0, 0.05) is 17.0 Å². The fraction of sp³-hybridized carbons (Fsp3) is 0.647. The van der Waals surface area contributed by atoms with Gasteiger partial charge in [0.1, 0.15) is 0 Å². The lowest BCUT2D eigenvalue weighted by Crippen LogP contribution is -2.41. The average Bonchev–Trinajstić information content (AvgIpc) is 2.72. The van der Waals surface area contributed by atoms with Crippen LogP contribution in [0.4, 0.5) is 0 Å². The van der Waals surface area contributed by atoms with E-state index in [2.05, 4.69) is 38.2 Å². The maximum absolute atomic E-state index is 6.03. The molecule has 0 aromatic heterocycles. The van der Waals surface area contributed by atoms with Gasteiger partial charge in [0.2, 0.25) is 0 Å². The highest BCUT2D eigenvalue weighted by Gasteiger charge is 2.41. The summed E-state index contributed by atoms with van der Waals surface area (Å²) < 4.78 is 0. The predicted molar refractivity (Wildman–Crippen MR) is 83.9 cm³/mol. The summed E-state index contributed by atoms with van der Waals surface area (Å²) >= 11 is 6.03. The molecular weight excluding hydrogens is 254 g/mol. The molecular formula is C17H26ClN. The number of hydrogen-bond acceptors (Lipinski definition) is 1. The Morgan fingerprint density at radius 3 is 2.53 bits per heavy atom. The normalized spacial score (nSPS) is 27.1. The molecule has 0 amide bonds. The van der Waals surface area contributed by atoms with E-state index in [1.165, 1.54) is 24.8 Å². The van der Waals surface area contributed by atoms with Gasteiger partial charge >= 0.3 is 0 Å². The van der Waals surface area contributed by atoms with E-state index in [0.29, 0.717) is 11.3 Å². The summed E-state index contributed by atoms with van der Waals surface area (Å²) in [4.78, 5) is 0. The second-order valence-electron chi connectivity index (χ2n) is 6.48. The van der Waals surface area contributed by atoms with Gasteiger partial charge in [-0.15, -0.1) is 0 Å². The van der Waals surface area contributed by atoms with E-state index in [4.69, 9.17) is 11.6 Å². The van der Waals surface area contributed by atoms with Crippen LogP contribution in [-0.4, -0.2) is 13.1 Å². The standard InChI is InChI=1S/C17H26ClN/c1-13(2)11-19-12-17(10-4-5-14(17)3)15-6-8-16(18)9-7-15/h6-9,13-14,19H,4-5,10-12H2,1-3H3. The lowest BCUT2D eigenvalue weighted by atomic mass is 9.73. The van der Waals surface area contributed by atoms with E-state index in [0.717, 1.165) is 24.0 Å². The molecule has 2 unspecified atom stereocenters. The number of rotatable bonds is 5. The Kier molecular flexibility index (Phi) is 4.92. The third kappa shape index (κ3) is 3.32. The van der Waals surface area contributed by atoms with E-state index in [-0.39, 0.29) is 0 Å². The Morgan fingerprint density at radius 1 is 1.32 bits per heavy atom. The molecule has 2 rings (SSSR count). The van der Waals surface area contributed by atoms with Crippen LogP contribution in [-0.2, 0) is 5.41 Å². The smallest absolute Gasteiger partial charge is 0.0406 e. The molecule has 1 aliphatic carbocycles. The van der Waals surface area contributed by atoms with Crippen molar-refractivity contribution in [3.8, 4) is 0 Å². The van der Waals surface area contributed by atoms with Crippen molar-refractivity contribution in [1.82, 2.24) is 5.32 Å². The van der Waals surface area contributed by atoms with Crippen molar-refractivity contribution in [2.45, 2.75) is 45.4 Å². The van der Waals surface area contributed by atoms with Gasteiger partial charge in [-0.05, 0) is 48.9 Å². The Balaban J connectivity index is 2.17. The van der Waals surface area contributed by atoms with Gasteiger partial charge in [-0.25, -0.2) is 0 Å². The molecule has 2 atom stereocenters. The molecule has 0 heterocycles. The number of halogens is 1. The zero-order valence-corrected chi connectivity index (χ0v) is 13.1. The summed E-state index contributed by atoms with van der Waals surface area (Å²) in [7, 11) is 0. The lowest BCUT2D eigenvalue weighted by molar-refractivity contribution is 0.312. The monoisotopic (exact) mass is 279 g/mol. The number of benzene rings is 1. The van der Waals surface area contributed by atoms with Gasteiger partial charge < -0.3 is 5.32 Å². The number of nitrogens with one attached hydrogen (secondary N) is 1. The van der Waals surface area contributed by atoms with Crippen LogP contribution < -0.4 is 5.32 Å². The first kappa shape index (κ1) is 14.9. The van der Waals surface area contributed by atoms with Gasteiger partial charge in [-0.3, -0.25) is 0 Å². The van der Waals surface area contributed by atoms with Crippen molar-refractivity contribution < 1.29 is 0 Å². The second-order valence-corrected chi connectivity index (χ2v) is 6.92. The molecule has 0 radical (unpaired) electrons. The molecule has 1 aromatic rings. The maximum Gasteiger partial charge on any atom is 0.0406 e. The minimum atomic E-state index is 0.305. The molecule has 1 fully saturated rings. The van der Waals surface area contributed by atoms with Crippen molar-refractivity contribution in [2.75, 3.05) is 13.1 Å². The van der Waals surface area contributed by atoms with Crippen LogP contribution in [0.2, 0.25) is 5.02 Å². The van der Waals surface area contributed by atoms with Crippen LogP contribution in [0.5, 0.6) is 0 Å².